The zero-order chi connectivity index (χ0) is 31.5. The van der Waals surface area contributed by atoms with Gasteiger partial charge in [-0.1, -0.05) is 97.1 Å². The van der Waals surface area contributed by atoms with Gasteiger partial charge in [0.15, 0.2) is 5.58 Å². The van der Waals surface area contributed by atoms with Crippen molar-refractivity contribution in [2.75, 3.05) is 4.90 Å². The number of hydrogen-bond donors (Lipinski definition) is 0. The first kappa shape index (κ1) is 27.3. The van der Waals surface area contributed by atoms with Gasteiger partial charge in [0.1, 0.15) is 11.3 Å². The smallest absolute Gasteiger partial charge is 0.227 e. The van der Waals surface area contributed by atoms with Crippen LogP contribution in [0.2, 0.25) is 0 Å². The Morgan fingerprint density at radius 1 is 0.596 bits per heavy atom. The third-order valence-corrected chi connectivity index (χ3v) is 9.66. The molecule has 7 aromatic carbocycles. The molecule has 0 amide bonds. The molecule has 0 atom stereocenters. The van der Waals surface area contributed by atoms with E-state index in [9.17, 15) is 0 Å². The number of fused-ring (bicyclic) bond motifs is 5. The molecule has 1 aromatic heterocycles. The predicted octanol–water partition coefficient (Wildman–Crippen LogP) is 11.6. The summed E-state index contributed by atoms with van der Waals surface area (Å²) >= 11 is 0. The maximum Gasteiger partial charge on any atom is 0.227 e. The number of hydrogen-bond acceptors (Lipinski definition) is 3. The number of benzene rings is 7. The Morgan fingerprint density at radius 3 is 2.00 bits per heavy atom. The average Bonchev–Trinajstić information content (AvgIpc) is 3.68. The minimum Gasteiger partial charge on any atom is -0.436 e. The van der Waals surface area contributed by atoms with Gasteiger partial charge in [-0.05, 0) is 95.4 Å². The second-order valence-electron chi connectivity index (χ2n) is 12.2. The van der Waals surface area contributed by atoms with Crippen LogP contribution in [0.1, 0.15) is 23.6 Å². The largest absolute Gasteiger partial charge is 0.436 e. The summed E-state index contributed by atoms with van der Waals surface area (Å²) in [5, 5.41) is 1.42. The molecule has 0 saturated heterocycles. The van der Waals surface area contributed by atoms with Crippen molar-refractivity contribution < 1.29 is 8.81 Å². The van der Waals surface area contributed by atoms with E-state index in [1.807, 2.05) is 66.7 Å². The number of aromatic nitrogens is 1. The molecule has 0 fully saturated rings. The van der Waals surface area contributed by atoms with Gasteiger partial charge >= 0.3 is 0 Å². The van der Waals surface area contributed by atoms with Gasteiger partial charge < -0.3 is 9.32 Å². The Labute approximate surface area is 272 Å². The summed E-state index contributed by atoms with van der Waals surface area (Å²) in [6.45, 7) is 2.32. The van der Waals surface area contributed by atoms with Crippen molar-refractivity contribution in [3.63, 3.8) is 0 Å². The summed E-state index contributed by atoms with van der Waals surface area (Å²) in [7, 11) is 0. The molecule has 0 saturated carbocycles. The molecule has 4 heteroatoms. The maximum absolute atomic E-state index is 15.1. The van der Waals surface area contributed by atoms with Crippen LogP contribution in [-0.4, -0.2) is 4.98 Å². The number of rotatable bonds is 5. The first-order valence-corrected chi connectivity index (χ1v) is 15.8. The SMILES string of the molecule is CC1(c2cccc(N(c3ccc(-c4nc5ccccc5o4)cc3)c3ccc(F)c4ccccc34)c2)c2ccccc2-c2ccccc21. The zero-order valence-corrected chi connectivity index (χ0v) is 25.7. The minimum atomic E-state index is -0.351. The number of oxazole rings is 1. The molecule has 1 aliphatic rings. The fraction of sp³-hybridized carbons (Fsp3) is 0.0465. The Bertz CT molecular complexity index is 2380. The van der Waals surface area contributed by atoms with E-state index in [0.29, 0.717) is 11.3 Å². The summed E-state index contributed by atoms with van der Waals surface area (Å²) in [6.07, 6.45) is 0. The van der Waals surface area contributed by atoms with E-state index in [1.54, 1.807) is 6.07 Å². The zero-order valence-electron chi connectivity index (χ0n) is 25.7. The van der Waals surface area contributed by atoms with Crippen LogP contribution < -0.4 is 4.90 Å². The summed E-state index contributed by atoms with van der Waals surface area (Å²) in [5.74, 6) is 0.334. The van der Waals surface area contributed by atoms with Crippen LogP contribution in [-0.2, 0) is 5.41 Å². The highest BCUT2D eigenvalue weighted by atomic mass is 19.1. The molecular weight excluding hydrogens is 579 g/mol. The monoisotopic (exact) mass is 608 g/mol. The van der Waals surface area contributed by atoms with Crippen molar-refractivity contribution in [3.8, 4) is 22.6 Å². The van der Waals surface area contributed by atoms with Crippen LogP contribution in [0.25, 0.3) is 44.5 Å². The molecule has 0 N–H and O–H groups in total. The van der Waals surface area contributed by atoms with Gasteiger partial charge in [-0.15, -0.1) is 0 Å². The van der Waals surface area contributed by atoms with Gasteiger partial charge in [0, 0.05) is 33.1 Å². The topological polar surface area (TPSA) is 29.3 Å². The lowest BCUT2D eigenvalue weighted by molar-refractivity contribution is 0.620. The first-order valence-electron chi connectivity index (χ1n) is 15.8. The summed E-state index contributed by atoms with van der Waals surface area (Å²) in [5.41, 5.74) is 11.2. The van der Waals surface area contributed by atoms with E-state index < -0.39 is 0 Å². The number of anilines is 3. The standard InChI is InChI=1S/C43H29FN2O/c1-43(36-17-6-4-13-32(36)33-14-5-7-18-37(33)43)29-11-10-12-31(27-29)46(40-26-25-38(44)34-15-2-3-16-35(34)40)30-23-21-28(22-24-30)42-45-39-19-8-9-20-41(39)47-42/h2-27H,1H3. The van der Waals surface area contributed by atoms with E-state index in [0.717, 1.165) is 39.1 Å². The molecule has 224 valence electrons. The van der Waals surface area contributed by atoms with Crippen LogP contribution in [0.15, 0.2) is 162 Å². The molecule has 0 bridgehead atoms. The average molecular weight is 609 g/mol. The molecule has 47 heavy (non-hydrogen) atoms. The predicted molar refractivity (Wildman–Crippen MR) is 189 cm³/mol. The van der Waals surface area contributed by atoms with Crippen LogP contribution in [0.4, 0.5) is 21.5 Å². The van der Waals surface area contributed by atoms with Crippen molar-refractivity contribution in [1.82, 2.24) is 4.98 Å². The van der Waals surface area contributed by atoms with Gasteiger partial charge in [0.25, 0.3) is 0 Å². The molecule has 3 nitrogen and oxygen atoms in total. The van der Waals surface area contributed by atoms with E-state index in [-0.39, 0.29) is 11.2 Å². The quantitative estimate of drug-likeness (QED) is 0.195. The van der Waals surface area contributed by atoms with Crippen molar-refractivity contribution in [2.45, 2.75) is 12.3 Å². The van der Waals surface area contributed by atoms with Gasteiger partial charge in [0.05, 0.1) is 5.69 Å². The first-order chi connectivity index (χ1) is 23.1. The third kappa shape index (κ3) is 4.22. The maximum atomic E-state index is 15.1. The number of halogens is 1. The highest BCUT2D eigenvalue weighted by Crippen LogP contribution is 2.53. The van der Waals surface area contributed by atoms with Crippen LogP contribution >= 0.6 is 0 Å². The summed E-state index contributed by atoms with van der Waals surface area (Å²) in [6, 6.07) is 53.3. The third-order valence-electron chi connectivity index (χ3n) is 9.66. The number of nitrogens with zero attached hydrogens (tertiary/aromatic N) is 2. The molecule has 1 heterocycles. The Morgan fingerprint density at radius 2 is 1.26 bits per heavy atom. The van der Waals surface area contributed by atoms with Gasteiger partial charge in [0.2, 0.25) is 5.89 Å². The van der Waals surface area contributed by atoms with E-state index in [4.69, 9.17) is 9.40 Å². The van der Waals surface area contributed by atoms with E-state index >= 15 is 4.39 Å². The highest BCUT2D eigenvalue weighted by molar-refractivity contribution is 5.99. The Balaban J connectivity index is 1.22. The highest BCUT2D eigenvalue weighted by Gasteiger charge is 2.40. The van der Waals surface area contributed by atoms with Crippen molar-refractivity contribution in [1.29, 1.82) is 0 Å². The Hall–Kier alpha value is -6.00. The lowest BCUT2D eigenvalue weighted by atomic mass is 9.74. The second-order valence-corrected chi connectivity index (χ2v) is 12.2. The molecule has 0 radical (unpaired) electrons. The fourth-order valence-electron chi connectivity index (χ4n) is 7.34. The van der Waals surface area contributed by atoms with E-state index in [1.165, 1.54) is 27.8 Å². The lowest BCUT2D eigenvalue weighted by Gasteiger charge is -2.31. The molecular formula is C43H29FN2O. The van der Waals surface area contributed by atoms with Gasteiger partial charge in [-0.2, -0.15) is 0 Å². The second kappa shape index (κ2) is 10.5. The van der Waals surface area contributed by atoms with Gasteiger partial charge in [-0.25, -0.2) is 9.37 Å². The summed E-state index contributed by atoms with van der Waals surface area (Å²) in [4.78, 5) is 6.92. The fourth-order valence-corrected chi connectivity index (χ4v) is 7.34. The molecule has 0 spiro atoms. The number of para-hydroxylation sites is 2. The van der Waals surface area contributed by atoms with Crippen LogP contribution in [0, 0.1) is 5.82 Å². The minimum absolute atomic E-state index is 0.240. The molecule has 1 aliphatic carbocycles. The van der Waals surface area contributed by atoms with Crippen molar-refractivity contribution >= 4 is 38.9 Å². The molecule has 9 rings (SSSR count). The van der Waals surface area contributed by atoms with E-state index in [2.05, 4.69) is 96.8 Å². The Kier molecular flexibility index (Phi) is 6.12. The van der Waals surface area contributed by atoms with Crippen LogP contribution in [0.3, 0.4) is 0 Å². The summed E-state index contributed by atoms with van der Waals surface area (Å²) < 4.78 is 21.2. The van der Waals surface area contributed by atoms with Crippen molar-refractivity contribution in [3.05, 3.63) is 180 Å². The lowest BCUT2D eigenvalue weighted by Crippen LogP contribution is -2.23. The van der Waals surface area contributed by atoms with Gasteiger partial charge in [-0.3, -0.25) is 0 Å². The van der Waals surface area contributed by atoms with Crippen molar-refractivity contribution in [2.24, 2.45) is 0 Å². The molecule has 0 aliphatic heterocycles. The van der Waals surface area contributed by atoms with Crippen LogP contribution in [0.5, 0.6) is 0 Å². The molecule has 0 unspecified atom stereocenters. The normalized spacial score (nSPS) is 13.1. The molecule has 8 aromatic rings.